The van der Waals surface area contributed by atoms with Crippen LogP contribution < -0.4 is 15.5 Å². The van der Waals surface area contributed by atoms with Crippen LogP contribution in [0.2, 0.25) is 0 Å². The average molecular weight is 444 g/mol. The maximum Gasteiger partial charge on any atom is 0.224 e. The third-order valence-electron chi connectivity index (χ3n) is 6.44. The molecule has 0 bridgehead atoms. The lowest BCUT2D eigenvalue weighted by molar-refractivity contribution is -0.131. The summed E-state index contributed by atoms with van der Waals surface area (Å²) in [4.78, 5) is 21.3. The number of nitrogens with one attached hydrogen (secondary N) is 2. The molecular weight excluding hydrogens is 402 g/mol. The normalized spacial score (nSPS) is 22.6. The van der Waals surface area contributed by atoms with E-state index in [0.29, 0.717) is 18.9 Å². The molecule has 2 N–H and O–H groups in total. The number of carbonyl (C=O) groups is 1. The molecule has 1 amide bonds. The highest BCUT2D eigenvalue weighted by molar-refractivity contribution is 5.81. The van der Waals surface area contributed by atoms with Crippen molar-refractivity contribution in [3.63, 3.8) is 0 Å². The number of ether oxygens (including phenoxy) is 1. The van der Waals surface area contributed by atoms with Gasteiger partial charge in [-0.3, -0.25) is 9.79 Å². The first-order chi connectivity index (χ1) is 15.4. The molecule has 0 saturated carbocycles. The SMILES string of the molecule is CN=C(NCCC(=O)N1CCN(c2ccccc2)CC1)NCC1CCCOC1C(C)(C)C. The van der Waals surface area contributed by atoms with Gasteiger partial charge < -0.3 is 25.2 Å². The zero-order valence-corrected chi connectivity index (χ0v) is 20.3. The van der Waals surface area contributed by atoms with Crippen molar-refractivity contribution in [1.82, 2.24) is 15.5 Å². The summed E-state index contributed by atoms with van der Waals surface area (Å²) in [7, 11) is 1.78. The van der Waals surface area contributed by atoms with Crippen LogP contribution in [0.1, 0.15) is 40.0 Å². The molecule has 2 aliphatic rings. The van der Waals surface area contributed by atoms with E-state index in [1.165, 1.54) is 12.1 Å². The maximum atomic E-state index is 12.7. The Morgan fingerprint density at radius 3 is 2.50 bits per heavy atom. The van der Waals surface area contributed by atoms with Crippen LogP contribution in [0.25, 0.3) is 0 Å². The number of para-hydroxylation sites is 1. The molecule has 2 saturated heterocycles. The number of anilines is 1. The van der Waals surface area contributed by atoms with E-state index in [9.17, 15) is 4.79 Å². The van der Waals surface area contributed by atoms with Crippen LogP contribution in [0.15, 0.2) is 35.3 Å². The first-order valence-corrected chi connectivity index (χ1v) is 12.0. The minimum absolute atomic E-state index is 0.126. The standard InChI is InChI=1S/C25H41N5O2/c1-25(2,3)23-20(9-8-18-32-23)19-28-24(26-4)27-13-12-22(31)30-16-14-29(15-17-30)21-10-6-5-7-11-21/h5-7,10-11,20,23H,8-9,12-19H2,1-4H3,(H2,26,27,28). The quantitative estimate of drug-likeness (QED) is 0.523. The number of rotatable bonds is 6. The molecule has 7 heteroatoms. The summed E-state index contributed by atoms with van der Waals surface area (Å²) in [5.41, 5.74) is 1.36. The second-order valence-electron chi connectivity index (χ2n) is 9.89. The van der Waals surface area contributed by atoms with Gasteiger partial charge in [0.2, 0.25) is 5.91 Å². The first-order valence-electron chi connectivity index (χ1n) is 12.0. The lowest BCUT2D eigenvalue weighted by Crippen LogP contribution is -2.50. The molecule has 178 valence electrons. The number of benzene rings is 1. The number of hydrogen-bond acceptors (Lipinski definition) is 4. The van der Waals surface area contributed by atoms with Gasteiger partial charge in [-0.25, -0.2) is 0 Å². The van der Waals surface area contributed by atoms with Crippen molar-refractivity contribution in [3.05, 3.63) is 30.3 Å². The zero-order valence-electron chi connectivity index (χ0n) is 20.3. The minimum Gasteiger partial charge on any atom is -0.377 e. The summed E-state index contributed by atoms with van der Waals surface area (Å²) in [6.07, 6.45) is 3.00. The molecule has 0 aromatic heterocycles. The van der Waals surface area contributed by atoms with Crippen molar-refractivity contribution in [2.45, 2.75) is 46.1 Å². The number of nitrogens with zero attached hydrogens (tertiary/aromatic N) is 3. The molecule has 0 spiro atoms. The van der Waals surface area contributed by atoms with Crippen molar-refractivity contribution >= 4 is 17.6 Å². The van der Waals surface area contributed by atoms with Crippen molar-refractivity contribution in [1.29, 1.82) is 0 Å². The predicted molar refractivity (Wildman–Crippen MR) is 131 cm³/mol. The van der Waals surface area contributed by atoms with Gasteiger partial charge in [-0.1, -0.05) is 39.0 Å². The van der Waals surface area contributed by atoms with Gasteiger partial charge >= 0.3 is 0 Å². The van der Waals surface area contributed by atoms with Gasteiger partial charge in [0.1, 0.15) is 0 Å². The summed E-state index contributed by atoms with van der Waals surface area (Å²) < 4.78 is 6.08. The monoisotopic (exact) mass is 443 g/mol. The van der Waals surface area contributed by atoms with Crippen molar-refractivity contribution in [3.8, 4) is 0 Å². The Morgan fingerprint density at radius 1 is 1.12 bits per heavy atom. The van der Waals surface area contributed by atoms with Crippen LogP contribution in [-0.2, 0) is 9.53 Å². The van der Waals surface area contributed by atoms with Crippen LogP contribution in [0.3, 0.4) is 0 Å². The number of piperazine rings is 1. The summed E-state index contributed by atoms with van der Waals surface area (Å²) in [6, 6.07) is 10.4. The van der Waals surface area contributed by atoms with E-state index in [2.05, 4.69) is 65.6 Å². The van der Waals surface area contributed by atoms with E-state index in [-0.39, 0.29) is 17.4 Å². The lowest BCUT2D eigenvalue weighted by Gasteiger charge is -2.40. The summed E-state index contributed by atoms with van der Waals surface area (Å²) in [5.74, 6) is 1.42. The lowest BCUT2D eigenvalue weighted by atomic mass is 9.78. The molecule has 7 nitrogen and oxygen atoms in total. The Balaban J connectivity index is 1.37. The Bertz CT molecular complexity index is 738. The largest absolute Gasteiger partial charge is 0.377 e. The van der Waals surface area contributed by atoms with Crippen molar-refractivity contribution in [2.24, 2.45) is 16.3 Å². The van der Waals surface area contributed by atoms with Gasteiger partial charge in [-0.05, 0) is 30.4 Å². The Morgan fingerprint density at radius 2 is 1.84 bits per heavy atom. The molecule has 2 atom stereocenters. The zero-order chi connectivity index (χ0) is 23.0. The van der Waals surface area contributed by atoms with Gasteiger partial charge in [-0.2, -0.15) is 0 Å². The topological polar surface area (TPSA) is 69.2 Å². The van der Waals surface area contributed by atoms with Gasteiger partial charge in [0.05, 0.1) is 6.10 Å². The highest BCUT2D eigenvalue weighted by Gasteiger charge is 2.35. The summed E-state index contributed by atoms with van der Waals surface area (Å²) in [5, 5.41) is 6.75. The number of aliphatic imine (C=N–C) groups is 1. The predicted octanol–water partition coefficient (Wildman–Crippen LogP) is 2.73. The highest BCUT2D eigenvalue weighted by Crippen LogP contribution is 2.33. The highest BCUT2D eigenvalue weighted by atomic mass is 16.5. The molecule has 0 aliphatic carbocycles. The van der Waals surface area contributed by atoms with E-state index >= 15 is 0 Å². The van der Waals surface area contributed by atoms with Crippen LogP contribution in [0, 0.1) is 11.3 Å². The van der Waals surface area contributed by atoms with Crippen LogP contribution in [0.4, 0.5) is 5.69 Å². The molecule has 0 radical (unpaired) electrons. The summed E-state index contributed by atoms with van der Waals surface area (Å²) in [6.45, 7) is 12.3. The van der Waals surface area contributed by atoms with E-state index in [1.54, 1.807) is 7.05 Å². The number of amides is 1. The molecule has 2 fully saturated rings. The van der Waals surface area contributed by atoms with Gasteiger partial charge in [0.15, 0.2) is 5.96 Å². The van der Waals surface area contributed by atoms with Crippen LogP contribution in [-0.4, -0.2) is 75.8 Å². The second-order valence-corrected chi connectivity index (χ2v) is 9.89. The Kier molecular flexibility index (Phi) is 8.79. The Labute approximate surface area is 193 Å². The van der Waals surface area contributed by atoms with Gasteiger partial charge in [0, 0.05) is 70.9 Å². The molecule has 2 aliphatic heterocycles. The molecular formula is C25H41N5O2. The van der Waals surface area contributed by atoms with E-state index in [1.807, 2.05) is 11.0 Å². The van der Waals surface area contributed by atoms with Gasteiger partial charge in [-0.15, -0.1) is 0 Å². The molecule has 1 aromatic carbocycles. The molecule has 32 heavy (non-hydrogen) atoms. The smallest absolute Gasteiger partial charge is 0.224 e. The average Bonchev–Trinajstić information content (AvgIpc) is 2.81. The fourth-order valence-corrected chi connectivity index (χ4v) is 4.76. The molecule has 2 unspecified atom stereocenters. The Hall–Kier alpha value is -2.28. The third-order valence-corrected chi connectivity index (χ3v) is 6.44. The minimum atomic E-state index is 0.126. The molecule has 3 rings (SSSR count). The number of carbonyl (C=O) groups excluding carboxylic acids is 1. The first kappa shape index (κ1) is 24.4. The maximum absolute atomic E-state index is 12.7. The fourth-order valence-electron chi connectivity index (χ4n) is 4.76. The van der Waals surface area contributed by atoms with Crippen LogP contribution >= 0.6 is 0 Å². The van der Waals surface area contributed by atoms with E-state index < -0.39 is 0 Å². The number of hydrogen-bond donors (Lipinski definition) is 2. The fraction of sp³-hybridized carbons (Fsp3) is 0.680. The van der Waals surface area contributed by atoms with Crippen molar-refractivity contribution in [2.75, 3.05) is 57.8 Å². The molecule has 2 heterocycles. The van der Waals surface area contributed by atoms with E-state index in [4.69, 9.17) is 4.74 Å². The second kappa shape index (κ2) is 11.5. The summed E-state index contributed by atoms with van der Waals surface area (Å²) >= 11 is 0. The van der Waals surface area contributed by atoms with Crippen LogP contribution in [0.5, 0.6) is 0 Å². The van der Waals surface area contributed by atoms with E-state index in [0.717, 1.165) is 51.7 Å². The van der Waals surface area contributed by atoms with Gasteiger partial charge in [0.25, 0.3) is 0 Å². The molecule has 1 aromatic rings. The van der Waals surface area contributed by atoms with Crippen molar-refractivity contribution < 1.29 is 9.53 Å². The third kappa shape index (κ3) is 6.86. The number of guanidine groups is 1.